The van der Waals surface area contributed by atoms with E-state index in [0.29, 0.717) is 10.0 Å². The number of carboxylic acids is 1. The maximum atomic E-state index is 13.0. The third-order valence-corrected chi connectivity index (χ3v) is 3.09. The molecule has 3 nitrogen and oxygen atoms in total. The van der Waals surface area contributed by atoms with Crippen LogP contribution in [0.1, 0.15) is 15.9 Å². The molecule has 2 aromatic carbocycles. The summed E-state index contributed by atoms with van der Waals surface area (Å²) in [7, 11) is 0. The van der Waals surface area contributed by atoms with Gasteiger partial charge in [-0.3, -0.25) is 0 Å². The number of benzene rings is 2. The molecule has 0 aliphatic rings. The van der Waals surface area contributed by atoms with Crippen LogP contribution in [0.4, 0.5) is 4.39 Å². The highest BCUT2D eigenvalue weighted by atomic mass is 79.9. The maximum absolute atomic E-state index is 13.0. The zero-order valence-corrected chi connectivity index (χ0v) is 11.4. The molecule has 0 spiro atoms. The number of para-hydroxylation sites is 1. The lowest BCUT2D eigenvalue weighted by Crippen LogP contribution is -2.04. The van der Waals surface area contributed by atoms with Gasteiger partial charge in [-0.2, -0.15) is 0 Å². The molecule has 0 radical (unpaired) electrons. The predicted molar refractivity (Wildman–Crippen MR) is 71.8 cm³/mol. The van der Waals surface area contributed by atoms with Crippen molar-refractivity contribution in [2.75, 3.05) is 0 Å². The highest BCUT2D eigenvalue weighted by Gasteiger charge is 2.14. The molecule has 2 aromatic rings. The van der Waals surface area contributed by atoms with Gasteiger partial charge in [0, 0.05) is 0 Å². The largest absolute Gasteiger partial charge is 0.487 e. The van der Waals surface area contributed by atoms with Crippen molar-refractivity contribution in [1.29, 1.82) is 0 Å². The Hall–Kier alpha value is -1.88. The molecule has 1 N–H and O–H groups in total. The predicted octanol–water partition coefficient (Wildman–Crippen LogP) is 3.87. The summed E-state index contributed by atoms with van der Waals surface area (Å²) >= 11 is 3.24. The van der Waals surface area contributed by atoms with Crippen LogP contribution in [0.2, 0.25) is 0 Å². The fourth-order valence-electron chi connectivity index (χ4n) is 1.61. The van der Waals surface area contributed by atoms with Gasteiger partial charge >= 0.3 is 5.97 Å². The lowest BCUT2D eigenvalue weighted by molar-refractivity contribution is 0.0691. The van der Waals surface area contributed by atoms with Crippen LogP contribution in [-0.2, 0) is 6.61 Å². The summed E-state index contributed by atoms with van der Waals surface area (Å²) in [5.74, 6) is -1.19. The molecule has 0 unspecified atom stereocenters. The van der Waals surface area contributed by atoms with Crippen LogP contribution in [0.15, 0.2) is 46.9 Å². The molecule has 0 fully saturated rings. The first-order valence-electron chi connectivity index (χ1n) is 5.47. The van der Waals surface area contributed by atoms with Crippen molar-refractivity contribution < 1.29 is 19.0 Å². The summed E-state index contributed by atoms with van der Waals surface area (Å²) in [6, 6.07) is 10.7. The molecule has 19 heavy (non-hydrogen) atoms. The molecule has 0 aromatic heterocycles. The fraction of sp³-hybridized carbons (Fsp3) is 0.0714. The summed E-state index contributed by atoms with van der Waals surface area (Å²) in [5.41, 5.74) is 0.692. The van der Waals surface area contributed by atoms with Crippen molar-refractivity contribution >= 4 is 21.9 Å². The lowest BCUT2D eigenvalue weighted by Gasteiger charge is -2.11. The summed E-state index contributed by atoms with van der Waals surface area (Å²) in [5, 5.41) is 9.07. The minimum atomic E-state index is -1.07. The number of halogens is 2. The second-order valence-corrected chi connectivity index (χ2v) is 4.69. The van der Waals surface area contributed by atoms with Crippen LogP contribution in [0, 0.1) is 5.82 Å². The van der Waals surface area contributed by atoms with Crippen LogP contribution in [0.3, 0.4) is 0 Å². The molecule has 0 saturated carbocycles. The first-order valence-corrected chi connectivity index (χ1v) is 6.26. The number of ether oxygens (including phenoxy) is 1. The molecule has 0 heterocycles. The number of carbonyl (C=O) groups is 1. The summed E-state index contributed by atoms with van der Waals surface area (Å²) in [6.45, 7) is 0.0979. The Balaban J connectivity index is 2.22. The van der Waals surface area contributed by atoms with Gasteiger partial charge in [-0.15, -0.1) is 0 Å². The molecule has 0 saturated heterocycles. The zero-order valence-electron chi connectivity index (χ0n) is 9.77. The van der Waals surface area contributed by atoms with Gasteiger partial charge in [-0.1, -0.05) is 18.2 Å². The Kier molecular flexibility index (Phi) is 4.16. The summed E-state index contributed by atoms with van der Waals surface area (Å²) < 4.78 is 19.0. The van der Waals surface area contributed by atoms with Crippen molar-refractivity contribution in [3.05, 3.63) is 63.9 Å². The SMILES string of the molecule is O=C(O)c1cccc(Br)c1OCc1cccc(F)c1. The number of rotatable bonds is 4. The molecule has 98 valence electrons. The molecule has 2 rings (SSSR count). The fourth-order valence-corrected chi connectivity index (χ4v) is 2.09. The number of carboxylic acid groups (broad SMARTS) is 1. The van der Waals surface area contributed by atoms with Crippen molar-refractivity contribution in [3.63, 3.8) is 0 Å². The number of hydrogen-bond donors (Lipinski definition) is 1. The van der Waals surface area contributed by atoms with Gasteiger partial charge in [0.15, 0.2) is 0 Å². The molecular weight excluding hydrogens is 315 g/mol. The second kappa shape index (κ2) is 5.84. The van der Waals surface area contributed by atoms with Gasteiger partial charge < -0.3 is 9.84 Å². The standard InChI is InChI=1S/C14H10BrFO3/c15-12-6-2-5-11(14(17)18)13(12)19-8-9-3-1-4-10(16)7-9/h1-7H,8H2,(H,17,18). The van der Waals surface area contributed by atoms with Gasteiger partial charge in [0.25, 0.3) is 0 Å². The Morgan fingerprint density at radius 2 is 2.00 bits per heavy atom. The van der Waals surface area contributed by atoms with E-state index >= 15 is 0 Å². The van der Waals surface area contributed by atoms with Crippen LogP contribution in [-0.4, -0.2) is 11.1 Å². The third-order valence-electron chi connectivity index (χ3n) is 2.47. The Labute approximate surface area is 117 Å². The third kappa shape index (κ3) is 3.32. The Bertz CT molecular complexity index is 613. The van der Waals surface area contributed by atoms with Gasteiger partial charge in [0.05, 0.1) is 4.47 Å². The van der Waals surface area contributed by atoms with Crippen molar-refractivity contribution in [2.45, 2.75) is 6.61 Å². The quantitative estimate of drug-likeness (QED) is 0.928. The minimum Gasteiger partial charge on any atom is -0.487 e. The molecule has 0 bridgehead atoms. The Morgan fingerprint density at radius 3 is 2.68 bits per heavy atom. The highest BCUT2D eigenvalue weighted by molar-refractivity contribution is 9.10. The Morgan fingerprint density at radius 1 is 1.26 bits per heavy atom. The van der Waals surface area contributed by atoms with Gasteiger partial charge in [0.1, 0.15) is 23.7 Å². The lowest BCUT2D eigenvalue weighted by atomic mass is 10.2. The number of hydrogen-bond acceptors (Lipinski definition) is 2. The minimum absolute atomic E-state index is 0.0609. The van der Waals surface area contributed by atoms with E-state index in [1.807, 2.05) is 0 Å². The van der Waals surface area contributed by atoms with E-state index in [0.717, 1.165) is 0 Å². The smallest absolute Gasteiger partial charge is 0.339 e. The molecule has 0 aliphatic heterocycles. The maximum Gasteiger partial charge on any atom is 0.339 e. The summed E-state index contributed by atoms with van der Waals surface area (Å²) in [4.78, 5) is 11.1. The van der Waals surface area contributed by atoms with E-state index < -0.39 is 5.97 Å². The van der Waals surface area contributed by atoms with E-state index in [-0.39, 0.29) is 23.7 Å². The topological polar surface area (TPSA) is 46.5 Å². The number of aromatic carboxylic acids is 1. The summed E-state index contributed by atoms with van der Waals surface area (Å²) in [6.07, 6.45) is 0. The van der Waals surface area contributed by atoms with Crippen LogP contribution < -0.4 is 4.74 Å². The van der Waals surface area contributed by atoms with Crippen LogP contribution in [0.25, 0.3) is 0 Å². The van der Waals surface area contributed by atoms with Crippen molar-refractivity contribution in [3.8, 4) is 5.75 Å². The van der Waals surface area contributed by atoms with Crippen LogP contribution >= 0.6 is 15.9 Å². The zero-order chi connectivity index (χ0) is 13.8. The molecule has 0 aliphatic carbocycles. The van der Waals surface area contributed by atoms with Gasteiger partial charge in [0.2, 0.25) is 0 Å². The first-order chi connectivity index (χ1) is 9.08. The highest BCUT2D eigenvalue weighted by Crippen LogP contribution is 2.29. The molecule has 0 amide bonds. The van der Waals surface area contributed by atoms with E-state index in [4.69, 9.17) is 9.84 Å². The van der Waals surface area contributed by atoms with E-state index in [9.17, 15) is 9.18 Å². The normalized spacial score (nSPS) is 10.2. The average molecular weight is 325 g/mol. The first kappa shape index (κ1) is 13.5. The van der Waals surface area contributed by atoms with E-state index in [1.165, 1.54) is 18.2 Å². The van der Waals surface area contributed by atoms with Crippen LogP contribution in [0.5, 0.6) is 5.75 Å². The second-order valence-electron chi connectivity index (χ2n) is 3.84. The average Bonchev–Trinajstić information content (AvgIpc) is 2.37. The molecule has 0 atom stereocenters. The monoisotopic (exact) mass is 324 g/mol. The van der Waals surface area contributed by atoms with E-state index in [2.05, 4.69) is 15.9 Å². The van der Waals surface area contributed by atoms with Crippen molar-refractivity contribution in [2.24, 2.45) is 0 Å². The molecular formula is C14H10BrFO3. The van der Waals surface area contributed by atoms with Gasteiger partial charge in [-0.25, -0.2) is 9.18 Å². The van der Waals surface area contributed by atoms with Crippen molar-refractivity contribution in [1.82, 2.24) is 0 Å². The molecule has 5 heteroatoms. The van der Waals surface area contributed by atoms with Gasteiger partial charge in [-0.05, 0) is 45.8 Å². The van der Waals surface area contributed by atoms with E-state index in [1.54, 1.807) is 24.3 Å².